The molecule has 0 radical (unpaired) electrons. The second kappa shape index (κ2) is 5.19. The molecule has 0 fully saturated rings. The van der Waals surface area contributed by atoms with Gasteiger partial charge in [0.25, 0.3) is 0 Å². The van der Waals surface area contributed by atoms with E-state index in [-0.39, 0.29) is 0 Å². The van der Waals surface area contributed by atoms with Gasteiger partial charge in [0, 0.05) is 0 Å². The number of halogens is 5. The zero-order valence-corrected chi connectivity index (χ0v) is 8.67. The summed E-state index contributed by atoms with van der Waals surface area (Å²) in [5, 5.41) is 8.65. The first-order chi connectivity index (χ1) is 8.25. The highest BCUT2D eigenvalue weighted by atomic mass is 19.3. The highest BCUT2D eigenvalue weighted by Crippen LogP contribution is 2.27. The van der Waals surface area contributed by atoms with Crippen molar-refractivity contribution in [1.29, 1.82) is 0 Å². The monoisotopic (exact) mass is 270 g/mol. The quantitative estimate of drug-likeness (QED) is 0.837. The third kappa shape index (κ3) is 3.08. The predicted octanol–water partition coefficient (Wildman–Crippen LogP) is 2.80. The fourth-order valence-corrected chi connectivity index (χ4v) is 1.06. The molecule has 1 rings (SSSR count). The van der Waals surface area contributed by atoms with Gasteiger partial charge in [-0.05, 0) is 12.1 Å². The molecule has 0 aliphatic carbocycles. The van der Waals surface area contributed by atoms with Gasteiger partial charge in [-0.25, -0.2) is 18.0 Å². The average Bonchev–Trinajstić information content (AvgIpc) is 2.26. The number of carbonyl (C=O) groups is 1. The zero-order chi connectivity index (χ0) is 13.9. The standard InChI is InChI=1S/C10H7F5O3/c11-6-3-1-2-5(8(16)17)7(6)18-4-10(14,15)9(12)13/h1-3,9H,4H2,(H,16,17). The molecule has 1 N–H and O–H groups in total. The molecule has 0 saturated carbocycles. The summed E-state index contributed by atoms with van der Waals surface area (Å²) in [7, 11) is 0. The van der Waals surface area contributed by atoms with E-state index < -0.39 is 42.1 Å². The molecule has 0 aromatic heterocycles. The first kappa shape index (κ1) is 14.2. The van der Waals surface area contributed by atoms with Gasteiger partial charge in [-0.3, -0.25) is 0 Å². The van der Waals surface area contributed by atoms with Crippen LogP contribution in [0.1, 0.15) is 10.4 Å². The summed E-state index contributed by atoms with van der Waals surface area (Å²) in [5.74, 6) is -8.33. The number of alkyl halides is 4. The van der Waals surface area contributed by atoms with Crippen LogP contribution in [-0.4, -0.2) is 30.0 Å². The van der Waals surface area contributed by atoms with E-state index in [1.165, 1.54) is 0 Å². The van der Waals surface area contributed by atoms with Crippen LogP contribution in [0.2, 0.25) is 0 Å². The minimum atomic E-state index is -4.49. The topological polar surface area (TPSA) is 46.5 Å². The van der Waals surface area contributed by atoms with Crippen LogP contribution >= 0.6 is 0 Å². The van der Waals surface area contributed by atoms with Crippen molar-refractivity contribution in [3.63, 3.8) is 0 Å². The summed E-state index contributed by atoms with van der Waals surface area (Å²) < 4.78 is 66.1. The average molecular weight is 270 g/mol. The van der Waals surface area contributed by atoms with Crippen molar-refractivity contribution in [1.82, 2.24) is 0 Å². The molecule has 3 nitrogen and oxygen atoms in total. The van der Waals surface area contributed by atoms with Gasteiger partial charge in [-0.1, -0.05) is 6.07 Å². The minimum Gasteiger partial charge on any atom is -0.483 e. The van der Waals surface area contributed by atoms with E-state index in [1.54, 1.807) is 0 Å². The first-order valence-electron chi connectivity index (χ1n) is 4.56. The first-order valence-corrected chi connectivity index (χ1v) is 4.56. The second-order valence-electron chi connectivity index (χ2n) is 3.27. The van der Waals surface area contributed by atoms with Gasteiger partial charge in [0.1, 0.15) is 5.56 Å². The maximum absolute atomic E-state index is 13.2. The van der Waals surface area contributed by atoms with E-state index in [2.05, 4.69) is 4.74 Å². The van der Waals surface area contributed by atoms with Gasteiger partial charge >= 0.3 is 18.3 Å². The number of benzene rings is 1. The molecule has 0 saturated heterocycles. The van der Waals surface area contributed by atoms with Crippen LogP contribution in [0.25, 0.3) is 0 Å². The lowest BCUT2D eigenvalue weighted by Crippen LogP contribution is -2.34. The number of carboxylic acids is 1. The van der Waals surface area contributed by atoms with Gasteiger partial charge < -0.3 is 9.84 Å². The largest absolute Gasteiger partial charge is 0.483 e. The molecule has 100 valence electrons. The number of carboxylic acid groups (broad SMARTS) is 1. The number of hydrogen-bond donors (Lipinski definition) is 1. The Balaban J connectivity index is 2.95. The van der Waals surface area contributed by atoms with E-state index >= 15 is 0 Å². The van der Waals surface area contributed by atoms with Crippen molar-refractivity contribution in [3.05, 3.63) is 29.6 Å². The fourth-order valence-electron chi connectivity index (χ4n) is 1.06. The Morgan fingerprint density at radius 1 is 1.39 bits per heavy atom. The second-order valence-corrected chi connectivity index (χ2v) is 3.27. The molecule has 1 aromatic rings. The summed E-state index contributed by atoms with van der Waals surface area (Å²) in [4.78, 5) is 10.7. The number of hydrogen-bond acceptors (Lipinski definition) is 2. The molecule has 1 aromatic carbocycles. The van der Waals surface area contributed by atoms with Gasteiger partial charge in [0.05, 0.1) is 0 Å². The Bertz CT molecular complexity index is 447. The van der Waals surface area contributed by atoms with E-state index in [0.29, 0.717) is 0 Å². The van der Waals surface area contributed by atoms with Gasteiger partial charge in [-0.15, -0.1) is 0 Å². The van der Waals surface area contributed by atoms with Crippen LogP contribution in [0.15, 0.2) is 18.2 Å². The molecular formula is C10H7F5O3. The van der Waals surface area contributed by atoms with Gasteiger partial charge in [0.15, 0.2) is 18.2 Å². The lowest BCUT2D eigenvalue weighted by Gasteiger charge is -2.17. The highest BCUT2D eigenvalue weighted by molar-refractivity contribution is 5.90. The Morgan fingerprint density at radius 2 is 2.00 bits per heavy atom. The normalized spacial score (nSPS) is 11.7. The molecule has 0 aliphatic heterocycles. The number of aromatic carboxylic acids is 1. The zero-order valence-electron chi connectivity index (χ0n) is 8.67. The maximum Gasteiger partial charge on any atom is 0.340 e. The highest BCUT2D eigenvalue weighted by Gasteiger charge is 2.42. The number of rotatable bonds is 5. The smallest absolute Gasteiger partial charge is 0.340 e. The van der Waals surface area contributed by atoms with E-state index in [1.807, 2.05) is 0 Å². The van der Waals surface area contributed by atoms with Crippen LogP contribution in [0.4, 0.5) is 22.0 Å². The summed E-state index contributed by atoms with van der Waals surface area (Å²) >= 11 is 0. The van der Waals surface area contributed by atoms with Crippen molar-refractivity contribution >= 4 is 5.97 Å². The summed E-state index contributed by atoms with van der Waals surface area (Å²) in [5.41, 5.74) is -0.722. The summed E-state index contributed by atoms with van der Waals surface area (Å²) in [6.45, 7) is -1.81. The molecule has 18 heavy (non-hydrogen) atoms. The summed E-state index contributed by atoms with van der Waals surface area (Å²) in [6.07, 6.45) is -3.99. The Kier molecular flexibility index (Phi) is 4.10. The molecule has 0 atom stereocenters. The molecular weight excluding hydrogens is 263 g/mol. The number of ether oxygens (including phenoxy) is 1. The molecule has 0 amide bonds. The van der Waals surface area contributed by atoms with Crippen molar-refractivity contribution in [2.45, 2.75) is 12.3 Å². The van der Waals surface area contributed by atoms with Crippen LogP contribution in [0, 0.1) is 5.82 Å². The van der Waals surface area contributed by atoms with Crippen LogP contribution in [-0.2, 0) is 0 Å². The molecule has 0 spiro atoms. The fraction of sp³-hybridized carbons (Fsp3) is 0.300. The van der Waals surface area contributed by atoms with Crippen molar-refractivity contribution in [2.24, 2.45) is 0 Å². The Hall–Kier alpha value is -1.86. The van der Waals surface area contributed by atoms with E-state index in [0.717, 1.165) is 18.2 Å². The van der Waals surface area contributed by atoms with E-state index in [4.69, 9.17) is 5.11 Å². The Morgan fingerprint density at radius 3 is 2.50 bits per heavy atom. The lowest BCUT2D eigenvalue weighted by atomic mass is 10.2. The molecule has 0 heterocycles. The third-order valence-electron chi connectivity index (χ3n) is 1.93. The van der Waals surface area contributed by atoms with Crippen LogP contribution in [0.3, 0.4) is 0 Å². The SMILES string of the molecule is O=C(O)c1cccc(F)c1OCC(F)(F)C(F)F. The third-order valence-corrected chi connectivity index (χ3v) is 1.93. The molecule has 0 bridgehead atoms. The molecule has 0 aliphatic rings. The van der Waals surface area contributed by atoms with Gasteiger partial charge in [0.2, 0.25) is 0 Å². The molecule has 0 unspecified atom stereocenters. The van der Waals surface area contributed by atoms with Crippen molar-refractivity contribution in [3.8, 4) is 5.75 Å². The molecule has 8 heteroatoms. The minimum absolute atomic E-state index is 0.722. The lowest BCUT2D eigenvalue weighted by molar-refractivity contribution is -0.148. The van der Waals surface area contributed by atoms with E-state index in [9.17, 15) is 26.7 Å². The Labute approximate surface area is 97.8 Å². The van der Waals surface area contributed by atoms with Gasteiger partial charge in [-0.2, -0.15) is 8.78 Å². The van der Waals surface area contributed by atoms with Crippen LogP contribution < -0.4 is 4.74 Å². The predicted molar refractivity (Wildman–Crippen MR) is 49.8 cm³/mol. The van der Waals surface area contributed by atoms with Crippen molar-refractivity contribution in [2.75, 3.05) is 6.61 Å². The maximum atomic E-state index is 13.2. The summed E-state index contributed by atoms with van der Waals surface area (Å²) in [6, 6.07) is 2.69. The number of para-hydroxylation sites is 1. The van der Waals surface area contributed by atoms with Crippen molar-refractivity contribution < 1.29 is 36.6 Å². The van der Waals surface area contributed by atoms with Crippen LogP contribution in [0.5, 0.6) is 5.75 Å².